The van der Waals surface area contributed by atoms with E-state index in [-0.39, 0.29) is 67.5 Å². The van der Waals surface area contributed by atoms with Crippen molar-refractivity contribution in [2.45, 2.75) is 99.5 Å². The number of likely N-dealkylation sites (tertiary alicyclic amines) is 2. The first-order valence-electron chi connectivity index (χ1n) is 22.9. The van der Waals surface area contributed by atoms with Crippen molar-refractivity contribution in [1.82, 2.24) is 40.4 Å². The number of rotatable bonds is 11. The molecule has 6 saturated carbocycles. The second-order valence-corrected chi connectivity index (χ2v) is 20.4. The van der Waals surface area contributed by atoms with Crippen LogP contribution in [0.2, 0.25) is 5.15 Å². The van der Waals surface area contributed by atoms with Gasteiger partial charge in [0.25, 0.3) is 11.8 Å². The number of halogens is 5. The number of aromatic nitrogens is 4. The largest absolute Gasteiger partial charge is 0.465 e. The SMILES string of the molecule is COC(=O)NC(C(=O)N1[C@@H]2C[C@@H]2C[C@H]1c1nc(-c2ccc(-c3ccc(-c4cnc([C@@H]5C[C@H]6C[C@H]6N5C(=O)C(NC(=O)O)C5C[C@@H]6[C@H](C5)C6(F)F)[nH]4)cc3)cc2)c(Cl)[nH]1)C1C[C@@H]2[C@H](C1)C2(F)F. The van der Waals surface area contributed by atoms with Gasteiger partial charge in [0, 0.05) is 41.3 Å². The summed E-state index contributed by atoms with van der Waals surface area (Å²) >= 11 is 6.78. The van der Waals surface area contributed by atoms with Crippen LogP contribution in [-0.4, -0.2) is 102 Å². The molecule has 2 aromatic carbocycles. The second kappa shape index (κ2) is 14.7. The Bertz CT molecular complexity index is 2630. The van der Waals surface area contributed by atoms with Crippen molar-refractivity contribution < 1.29 is 46.6 Å². The molecule has 12 rings (SSSR count). The molecule has 8 fully saturated rings. The normalized spacial score (nSPS) is 34.1. The van der Waals surface area contributed by atoms with E-state index in [9.17, 15) is 41.8 Å². The van der Waals surface area contributed by atoms with Gasteiger partial charge in [-0.05, 0) is 91.7 Å². The Balaban J connectivity index is 0.719. The van der Waals surface area contributed by atoms with Gasteiger partial charge < -0.3 is 40.2 Å². The van der Waals surface area contributed by atoms with Gasteiger partial charge in [-0.3, -0.25) is 9.59 Å². The van der Waals surface area contributed by atoms with Crippen LogP contribution in [0.4, 0.5) is 27.2 Å². The van der Waals surface area contributed by atoms with Gasteiger partial charge in [-0.2, -0.15) is 0 Å². The number of carbonyl (C=O) groups is 4. The Labute approximate surface area is 380 Å². The molecule has 19 heteroatoms. The topological polar surface area (TPSA) is 186 Å². The van der Waals surface area contributed by atoms with E-state index in [1.54, 1.807) is 16.0 Å². The summed E-state index contributed by atoms with van der Waals surface area (Å²) < 4.78 is 61.1. The lowest BCUT2D eigenvalue weighted by Crippen LogP contribution is -2.53. The quantitative estimate of drug-likeness (QED) is 0.0936. The fourth-order valence-electron chi connectivity index (χ4n) is 12.7. The number of fused-ring (bicyclic) bond motifs is 4. The number of hydrogen-bond acceptors (Lipinski definition) is 7. The molecular formula is C47H47ClF4N8O6. The Morgan fingerprint density at radius 3 is 1.67 bits per heavy atom. The van der Waals surface area contributed by atoms with Gasteiger partial charge in [0.1, 0.15) is 34.6 Å². The van der Waals surface area contributed by atoms with Crippen LogP contribution in [-0.2, 0) is 14.3 Å². The number of amides is 4. The van der Waals surface area contributed by atoms with E-state index in [1.165, 1.54) is 7.11 Å². The Hall–Kier alpha value is -5.65. The highest BCUT2D eigenvalue weighted by molar-refractivity contribution is 6.32. The summed E-state index contributed by atoms with van der Waals surface area (Å²) in [6, 6.07) is 12.7. The van der Waals surface area contributed by atoms with Gasteiger partial charge in [-0.15, -0.1) is 0 Å². The number of piperidine rings is 2. The number of nitrogens with zero attached hydrogens (tertiary/aromatic N) is 4. The van der Waals surface area contributed by atoms with Crippen molar-refractivity contribution >= 4 is 35.6 Å². The highest BCUT2D eigenvalue weighted by Gasteiger charge is 2.74. The van der Waals surface area contributed by atoms with Gasteiger partial charge in [0.2, 0.25) is 11.8 Å². The van der Waals surface area contributed by atoms with E-state index >= 15 is 0 Å². The number of nitrogens with one attached hydrogen (secondary N) is 4. The van der Waals surface area contributed by atoms with Crippen molar-refractivity contribution in [2.24, 2.45) is 47.3 Å². The van der Waals surface area contributed by atoms with Gasteiger partial charge in [-0.25, -0.2) is 37.1 Å². The molecule has 14 nitrogen and oxygen atoms in total. The Morgan fingerprint density at radius 2 is 1.17 bits per heavy atom. The van der Waals surface area contributed by atoms with Gasteiger partial charge >= 0.3 is 12.2 Å². The molecule has 2 aromatic heterocycles. The van der Waals surface area contributed by atoms with Gasteiger partial charge in [0.15, 0.2) is 0 Å². The summed E-state index contributed by atoms with van der Waals surface area (Å²) in [5.41, 5.74) is 4.78. The van der Waals surface area contributed by atoms with E-state index in [4.69, 9.17) is 21.3 Å². The third-order valence-corrected chi connectivity index (χ3v) is 16.8. The number of methoxy groups -OCH3 is 1. The minimum atomic E-state index is -2.73. The minimum Gasteiger partial charge on any atom is -0.465 e. The monoisotopic (exact) mass is 930 g/mol. The van der Waals surface area contributed by atoms with E-state index in [0.29, 0.717) is 35.3 Å². The first-order chi connectivity index (χ1) is 31.6. The summed E-state index contributed by atoms with van der Waals surface area (Å²) in [5.74, 6) is -8.46. The first-order valence-corrected chi connectivity index (χ1v) is 23.2. The molecule has 4 unspecified atom stereocenters. The number of carbonyl (C=O) groups excluding carboxylic acids is 3. The Morgan fingerprint density at radius 1 is 0.697 bits per heavy atom. The third-order valence-electron chi connectivity index (χ3n) is 16.5. The maximum absolute atomic E-state index is 14.3. The van der Waals surface area contributed by atoms with Crippen molar-refractivity contribution in [3.63, 3.8) is 0 Å². The van der Waals surface area contributed by atoms with Gasteiger partial charge in [0.05, 0.1) is 31.1 Å². The standard InChI is InChI=1S/C47H47ClF4N8O6/c1-66-45(65)57-38(26-12-29-30(13-26)47(29,51)52)43(62)60-33-15-24(33)17-35(60)41-55-36(39(48)58-41)22-8-4-20(5-9-22)19-2-6-21(7-3-19)31-18-53-40(54-31)34-16-23-14-32(23)59(34)42(61)37(56-44(63)64)25-10-27-28(11-25)46(27,49)50/h2-9,18,23-30,32-35,37-38,56H,10-17H2,1H3,(H,53,54)(H,55,58)(H,57,65)(H,63,64)/t23-,24-,25?,26?,27-,28+,29-,30+,32-,33-,34+,35+,37?,38?/m1/s1. The number of benzene rings is 2. The Kier molecular flexibility index (Phi) is 9.28. The summed E-state index contributed by atoms with van der Waals surface area (Å²) in [7, 11) is 1.21. The zero-order valence-corrected chi connectivity index (χ0v) is 36.4. The molecule has 4 aromatic rings. The molecule has 4 heterocycles. The van der Waals surface area contributed by atoms with Crippen LogP contribution < -0.4 is 10.6 Å². The molecule has 66 heavy (non-hydrogen) atoms. The number of alkyl carbamates (subject to hydrolysis) is 1. The number of ether oxygens (including phenoxy) is 1. The highest BCUT2D eigenvalue weighted by atomic mass is 35.5. The second-order valence-electron chi connectivity index (χ2n) is 20.0. The average molecular weight is 931 g/mol. The molecule has 346 valence electrons. The van der Waals surface area contributed by atoms with Crippen LogP contribution in [0.1, 0.15) is 75.1 Å². The number of hydrogen-bond donors (Lipinski definition) is 5. The van der Waals surface area contributed by atoms with Crippen LogP contribution in [0.15, 0.2) is 54.7 Å². The summed E-state index contributed by atoms with van der Waals surface area (Å²) in [4.78, 5) is 72.2. The molecule has 0 radical (unpaired) electrons. The fraction of sp³-hybridized carbons (Fsp3) is 0.532. The minimum absolute atomic E-state index is 0.0335. The van der Waals surface area contributed by atoms with E-state index < -0.39 is 77.7 Å². The summed E-state index contributed by atoms with van der Waals surface area (Å²) in [6.07, 6.45) is 3.14. The average Bonchev–Trinajstić information content (AvgIpc) is 4.01. The van der Waals surface area contributed by atoms with Crippen LogP contribution >= 0.6 is 11.6 Å². The number of carboxylic acid groups (broad SMARTS) is 1. The number of alkyl halides is 4. The van der Waals surface area contributed by atoms with E-state index in [2.05, 4.69) is 25.6 Å². The fourth-order valence-corrected chi connectivity index (χ4v) is 13.0. The molecule has 0 spiro atoms. The molecule has 2 saturated heterocycles. The van der Waals surface area contributed by atoms with Crippen molar-refractivity contribution in [1.29, 1.82) is 0 Å². The van der Waals surface area contributed by atoms with Crippen molar-refractivity contribution in [2.75, 3.05) is 7.11 Å². The van der Waals surface area contributed by atoms with Crippen LogP contribution in [0, 0.1) is 47.3 Å². The lowest BCUT2D eigenvalue weighted by Gasteiger charge is -2.33. The zero-order chi connectivity index (χ0) is 45.7. The van der Waals surface area contributed by atoms with Gasteiger partial charge in [-0.1, -0.05) is 60.1 Å². The highest BCUT2D eigenvalue weighted by Crippen LogP contribution is 2.67. The van der Waals surface area contributed by atoms with Crippen LogP contribution in [0.3, 0.4) is 0 Å². The van der Waals surface area contributed by atoms with Crippen LogP contribution in [0.25, 0.3) is 33.6 Å². The maximum atomic E-state index is 14.3. The number of imidazole rings is 2. The molecule has 14 atom stereocenters. The van der Waals surface area contributed by atoms with Crippen LogP contribution in [0.5, 0.6) is 0 Å². The molecular weight excluding hydrogens is 884 g/mol. The molecule has 4 amide bonds. The zero-order valence-electron chi connectivity index (χ0n) is 35.6. The van der Waals surface area contributed by atoms with Crippen molar-refractivity contribution in [3.05, 3.63) is 71.5 Å². The smallest absolute Gasteiger partial charge is 0.407 e. The number of aromatic amines is 2. The third kappa shape index (κ3) is 6.69. The van der Waals surface area contributed by atoms with E-state index in [0.717, 1.165) is 40.8 Å². The molecule has 5 N–H and O–H groups in total. The number of H-pyrrole nitrogens is 2. The first kappa shape index (κ1) is 41.8. The molecule has 6 aliphatic carbocycles. The lowest BCUT2D eigenvalue weighted by molar-refractivity contribution is -0.138. The lowest BCUT2D eigenvalue weighted by atomic mass is 9.92. The summed E-state index contributed by atoms with van der Waals surface area (Å²) in [6.45, 7) is 0. The maximum Gasteiger partial charge on any atom is 0.407 e. The molecule has 8 aliphatic rings. The van der Waals surface area contributed by atoms with Crippen molar-refractivity contribution in [3.8, 4) is 33.6 Å². The molecule has 0 bridgehead atoms. The summed E-state index contributed by atoms with van der Waals surface area (Å²) in [5, 5.41) is 15.0. The predicted octanol–water partition coefficient (Wildman–Crippen LogP) is 8.05. The predicted molar refractivity (Wildman–Crippen MR) is 228 cm³/mol. The van der Waals surface area contributed by atoms with E-state index in [1.807, 2.05) is 48.5 Å². The molecule has 2 aliphatic heterocycles.